The highest BCUT2D eigenvalue weighted by Gasteiger charge is 2.05. The maximum absolute atomic E-state index is 8.89. The van der Waals surface area contributed by atoms with Crippen molar-refractivity contribution in [2.75, 3.05) is 0 Å². The molecule has 0 bridgehead atoms. The molecular weight excluding hydrogens is 140 g/mol. The molecule has 1 rings (SSSR count). The van der Waals surface area contributed by atoms with Crippen LogP contribution in [0.2, 0.25) is 0 Å². The Hall–Kier alpha value is -0.830. The molecule has 1 heterocycles. The second kappa shape index (κ2) is 3.53. The summed E-state index contributed by atoms with van der Waals surface area (Å²) in [7, 11) is 0. The Morgan fingerprint density at radius 2 is 2.45 bits per heavy atom. The lowest BCUT2D eigenvalue weighted by atomic mass is 10.2. The fourth-order valence-electron chi connectivity index (χ4n) is 1.04. The topological polar surface area (TPSA) is 38.0 Å². The summed E-state index contributed by atoms with van der Waals surface area (Å²) in [5.41, 5.74) is 0.888. The van der Waals surface area contributed by atoms with Gasteiger partial charge in [-0.05, 0) is 19.4 Å². The van der Waals surface area contributed by atoms with E-state index in [0.717, 1.165) is 12.1 Å². The smallest absolute Gasteiger partial charge is 0.0850 e. The number of hydrogen-bond donors (Lipinski definition) is 1. The van der Waals surface area contributed by atoms with E-state index in [2.05, 4.69) is 18.9 Å². The minimum Gasteiger partial charge on any atom is -0.390 e. The van der Waals surface area contributed by atoms with Crippen LogP contribution in [0.3, 0.4) is 0 Å². The van der Waals surface area contributed by atoms with Gasteiger partial charge in [-0.25, -0.2) is 0 Å². The average Bonchev–Trinajstić information content (AvgIpc) is 2.50. The molecule has 0 aliphatic carbocycles. The Bertz CT molecular complexity index is 220. The first kappa shape index (κ1) is 8.27. The number of aromatic nitrogens is 2. The van der Waals surface area contributed by atoms with E-state index in [1.165, 1.54) is 0 Å². The summed E-state index contributed by atoms with van der Waals surface area (Å²) in [6.45, 7) is 4.27. The second-order valence-corrected chi connectivity index (χ2v) is 2.68. The zero-order valence-electron chi connectivity index (χ0n) is 6.99. The molecule has 1 atom stereocenters. The first-order chi connectivity index (χ1) is 5.29. The quantitative estimate of drug-likeness (QED) is 0.713. The van der Waals surface area contributed by atoms with Crippen molar-refractivity contribution in [1.29, 1.82) is 0 Å². The van der Waals surface area contributed by atoms with Gasteiger partial charge in [-0.15, -0.1) is 0 Å². The molecule has 1 unspecified atom stereocenters. The largest absolute Gasteiger partial charge is 0.390 e. The van der Waals surface area contributed by atoms with Gasteiger partial charge in [0.25, 0.3) is 0 Å². The van der Waals surface area contributed by atoms with Gasteiger partial charge in [0.05, 0.1) is 12.3 Å². The van der Waals surface area contributed by atoms with Crippen molar-refractivity contribution in [2.45, 2.75) is 32.9 Å². The summed E-state index contributed by atoms with van der Waals surface area (Å²) in [5.74, 6) is 0. The predicted octanol–water partition coefficient (Wildman–Crippen LogP) is 1.35. The molecule has 1 N–H and O–H groups in total. The highest BCUT2D eigenvalue weighted by molar-refractivity contribution is 4.99. The summed E-state index contributed by atoms with van der Waals surface area (Å²) in [4.78, 5) is 0. The molecule has 0 saturated heterocycles. The lowest BCUT2D eigenvalue weighted by molar-refractivity contribution is 0.262. The standard InChI is InChI=1S/C8H14N2O/c1-3-7(2)10-8(6-11)4-5-9-10/h4-5,7,11H,3,6H2,1-2H3. The lowest BCUT2D eigenvalue weighted by Gasteiger charge is -2.11. The molecule has 3 heteroatoms. The van der Waals surface area contributed by atoms with E-state index in [4.69, 9.17) is 5.11 Å². The third-order valence-corrected chi connectivity index (χ3v) is 1.92. The van der Waals surface area contributed by atoms with Crippen molar-refractivity contribution in [3.8, 4) is 0 Å². The van der Waals surface area contributed by atoms with Crippen molar-refractivity contribution in [1.82, 2.24) is 9.78 Å². The van der Waals surface area contributed by atoms with Crippen molar-refractivity contribution in [2.24, 2.45) is 0 Å². The summed E-state index contributed by atoms with van der Waals surface area (Å²) in [5, 5.41) is 13.0. The van der Waals surface area contributed by atoms with E-state index >= 15 is 0 Å². The number of aliphatic hydroxyl groups is 1. The first-order valence-corrected chi connectivity index (χ1v) is 3.92. The molecule has 0 radical (unpaired) electrons. The minimum atomic E-state index is 0.0737. The monoisotopic (exact) mass is 154 g/mol. The molecule has 0 fully saturated rings. The van der Waals surface area contributed by atoms with Crippen LogP contribution in [0.5, 0.6) is 0 Å². The molecule has 1 aromatic rings. The van der Waals surface area contributed by atoms with Gasteiger partial charge >= 0.3 is 0 Å². The maximum Gasteiger partial charge on any atom is 0.0850 e. The van der Waals surface area contributed by atoms with Crippen LogP contribution >= 0.6 is 0 Å². The molecule has 1 aromatic heterocycles. The van der Waals surface area contributed by atoms with Crippen LogP contribution in [0.25, 0.3) is 0 Å². The van der Waals surface area contributed by atoms with Gasteiger partial charge in [-0.3, -0.25) is 4.68 Å². The zero-order chi connectivity index (χ0) is 8.27. The van der Waals surface area contributed by atoms with Gasteiger partial charge in [-0.2, -0.15) is 5.10 Å². The molecule has 0 saturated carbocycles. The van der Waals surface area contributed by atoms with Crippen LogP contribution in [0, 0.1) is 0 Å². The highest BCUT2D eigenvalue weighted by atomic mass is 16.3. The first-order valence-electron chi connectivity index (χ1n) is 3.92. The van der Waals surface area contributed by atoms with Crippen LogP contribution in [0.1, 0.15) is 32.0 Å². The van der Waals surface area contributed by atoms with Crippen LogP contribution in [-0.4, -0.2) is 14.9 Å². The summed E-state index contributed by atoms with van der Waals surface area (Å²) in [6, 6.07) is 2.22. The summed E-state index contributed by atoms with van der Waals surface area (Å²) >= 11 is 0. The normalized spacial score (nSPS) is 13.4. The van der Waals surface area contributed by atoms with Crippen molar-refractivity contribution in [3.63, 3.8) is 0 Å². The van der Waals surface area contributed by atoms with E-state index in [1.807, 2.05) is 10.7 Å². The molecular formula is C8H14N2O. The van der Waals surface area contributed by atoms with Gasteiger partial charge in [-0.1, -0.05) is 6.92 Å². The van der Waals surface area contributed by atoms with Crippen LogP contribution < -0.4 is 0 Å². The van der Waals surface area contributed by atoms with Gasteiger partial charge in [0.1, 0.15) is 0 Å². The summed E-state index contributed by atoms with van der Waals surface area (Å²) in [6.07, 6.45) is 2.76. The minimum absolute atomic E-state index is 0.0737. The highest BCUT2D eigenvalue weighted by Crippen LogP contribution is 2.11. The van der Waals surface area contributed by atoms with E-state index < -0.39 is 0 Å². The van der Waals surface area contributed by atoms with E-state index in [0.29, 0.717) is 6.04 Å². The Morgan fingerprint density at radius 3 is 3.00 bits per heavy atom. The molecule has 0 aliphatic heterocycles. The Labute approximate surface area is 66.7 Å². The molecule has 0 amide bonds. The van der Waals surface area contributed by atoms with Crippen molar-refractivity contribution < 1.29 is 5.11 Å². The molecule has 11 heavy (non-hydrogen) atoms. The van der Waals surface area contributed by atoms with Crippen molar-refractivity contribution in [3.05, 3.63) is 18.0 Å². The fraction of sp³-hybridized carbons (Fsp3) is 0.625. The lowest BCUT2D eigenvalue weighted by Crippen LogP contribution is -2.09. The molecule has 62 valence electrons. The number of aliphatic hydroxyl groups excluding tert-OH is 1. The van der Waals surface area contributed by atoms with Gasteiger partial charge in [0.15, 0.2) is 0 Å². The van der Waals surface area contributed by atoms with Crippen LogP contribution in [-0.2, 0) is 6.61 Å². The maximum atomic E-state index is 8.89. The molecule has 0 aliphatic rings. The Kier molecular flexibility index (Phi) is 2.65. The third kappa shape index (κ3) is 1.60. The predicted molar refractivity (Wildman–Crippen MR) is 43.2 cm³/mol. The van der Waals surface area contributed by atoms with E-state index in [-0.39, 0.29) is 6.61 Å². The third-order valence-electron chi connectivity index (χ3n) is 1.92. The molecule has 0 aromatic carbocycles. The molecule has 3 nitrogen and oxygen atoms in total. The van der Waals surface area contributed by atoms with Crippen molar-refractivity contribution >= 4 is 0 Å². The number of rotatable bonds is 3. The van der Waals surface area contributed by atoms with E-state index in [9.17, 15) is 0 Å². The van der Waals surface area contributed by atoms with E-state index in [1.54, 1.807) is 6.20 Å². The Balaban J connectivity index is 2.83. The average molecular weight is 154 g/mol. The van der Waals surface area contributed by atoms with Crippen LogP contribution in [0.4, 0.5) is 0 Å². The summed E-state index contributed by atoms with van der Waals surface area (Å²) < 4.78 is 1.86. The molecule has 0 spiro atoms. The second-order valence-electron chi connectivity index (χ2n) is 2.68. The number of hydrogen-bond acceptors (Lipinski definition) is 2. The number of nitrogens with zero attached hydrogens (tertiary/aromatic N) is 2. The van der Waals surface area contributed by atoms with Gasteiger partial charge in [0, 0.05) is 12.2 Å². The fourth-order valence-corrected chi connectivity index (χ4v) is 1.04. The zero-order valence-corrected chi connectivity index (χ0v) is 6.99. The SMILES string of the molecule is CCC(C)n1nccc1CO. The Morgan fingerprint density at radius 1 is 1.73 bits per heavy atom. The van der Waals surface area contributed by atoms with Gasteiger partial charge < -0.3 is 5.11 Å². The van der Waals surface area contributed by atoms with Crippen LogP contribution in [0.15, 0.2) is 12.3 Å². The van der Waals surface area contributed by atoms with Gasteiger partial charge in [0.2, 0.25) is 0 Å².